The summed E-state index contributed by atoms with van der Waals surface area (Å²) in [5, 5.41) is 9.87. The molecule has 1 N–H and O–H groups in total. The highest BCUT2D eigenvalue weighted by Crippen LogP contribution is 2.27. The largest absolute Gasteiger partial charge is 0.386 e. The fraction of sp³-hybridized carbons (Fsp3) is 0.900. The average Bonchev–Trinajstić information content (AvgIpc) is 2.12. The lowest BCUT2D eigenvalue weighted by Crippen LogP contribution is -2.64. The maximum absolute atomic E-state index is 11.6. The van der Waals surface area contributed by atoms with E-state index in [1.807, 2.05) is 13.8 Å². The number of carbonyl (C=O) groups excluding carboxylic acids is 1. The fourth-order valence-corrected chi connectivity index (χ4v) is 2.11. The summed E-state index contributed by atoms with van der Waals surface area (Å²) in [5.74, 6) is 0.105. The van der Waals surface area contributed by atoms with Crippen LogP contribution in [0.5, 0.6) is 0 Å². The van der Waals surface area contributed by atoms with Crippen LogP contribution in [-0.4, -0.2) is 39.4 Å². The number of nitrogens with zero attached hydrogens (tertiary/aromatic N) is 1. The van der Waals surface area contributed by atoms with Crippen molar-refractivity contribution in [3.8, 4) is 0 Å². The summed E-state index contributed by atoms with van der Waals surface area (Å²) in [6.45, 7) is 5.01. The van der Waals surface area contributed by atoms with E-state index in [0.29, 0.717) is 13.1 Å². The van der Waals surface area contributed by atoms with E-state index in [0.717, 1.165) is 19.3 Å². The average molecular weight is 264 g/mol. The predicted octanol–water partition coefficient (Wildman–Crippen LogP) is 1.53. The van der Waals surface area contributed by atoms with Crippen LogP contribution in [0.3, 0.4) is 0 Å². The molecule has 14 heavy (non-hydrogen) atoms. The molecule has 1 heterocycles. The van der Waals surface area contributed by atoms with Crippen molar-refractivity contribution in [2.45, 2.75) is 43.5 Å². The van der Waals surface area contributed by atoms with Crippen LogP contribution < -0.4 is 0 Å². The lowest BCUT2D eigenvalue weighted by Gasteiger charge is -2.47. The van der Waals surface area contributed by atoms with Gasteiger partial charge in [-0.25, -0.2) is 0 Å². The van der Waals surface area contributed by atoms with E-state index in [-0.39, 0.29) is 10.7 Å². The summed E-state index contributed by atoms with van der Waals surface area (Å²) < 4.78 is 0. The summed E-state index contributed by atoms with van der Waals surface area (Å²) in [7, 11) is 0. The van der Waals surface area contributed by atoms with Gasteiger partial charge in [0.25, 0.3) is 0 Å². The Morgan fingerprint density at radius 3 is 2.57 bits per heavy atom. The number of alkyl halides is 1. The lowest BCUT2D eigenvalue weighted by atomic mass is 9.89. The van der Waals surface area contributed by atoms with Crippen molar-refractivity contribution in [1.82, 2.24) is 4.90 Å². The third-order valence-electron chi connectivity index (χ3n) is 2.62. The highest BCUT2D eigenvalue weighted by molar-refractivity contribution is 9.10. The molecule has 0 saturated carbocycles. The van der Waals surface area contributed by atoms with Gasteiger partial charge in [-0.3, -0.25) is 4.79 Å². The molecule has 0 bridgehead atoms. The molecule has 4 heteroatoms. The molecule has 1 aliphatic rings. The van der Waals surface area contributed by atoms with Gasteiger partial charge >= 0.3 is 0 Å². The number of carbonyl (C=O) groups is 1. The van der Waals surface area contributed by atoms with Crippen molar-refractivity contribution in [2.24, 2.45) is 0 Å². The van der Waals surface area contributed by atoms with Crippen LogP contribution >= 0.6 is 15.9 Å². The molecule has 1 amide bonds. The Bertz CT molecular complexity index is 214. The Morgan fingerprint density at radius 2 is 2.14 bits per heavy atom. The second-order valence-electron chi connectivity index (χ2n) is 4.04. The van der Waals surface area contributed by atoms with Gasteiger partial charge in [-0.05, 0) is 12.8 Å². The minimum atomic E-state index is -0.606. The summed E-state index contributed by atoms with van der Waals surface area (Å²) in [6.07, 6.45) is 2.54. The zero-order valence-corrected chi connectivity index (χ0v) is 10.4. The number of β-amino-alcohol motifs (C(OH)–C–C–N with tert-alkyl or cyclic N) is 1. The minimum absolute atomic E-state index is 0.0892. The number of halogens is 1. The standard InChI is InChI=1S/C10H18BrNO2/c1-3-5-10(14)6-12(7-10)9(13)8(11)4-2/h8,14H,3-7H2,1-2H3. The summed E-state index contributed by atoms with van der Waals surface area (Å²) in [5.41, 5.74) is -0.606. The summed E-state index contributed by atoms with van der Waals surface area (Å²) in [4.78, 5) is 13.2. The maximum Gasteiger partial charge on any atom is 0.236 e. The molecule has 0 aromatic rings. The monoisotopic (exact) mass is 263 g/mol. The Labute approximate surface area is 93.6 Å². The highest BCUT2D eigenvalue weighted by atomic mass is 79.9. The zero-order chi connectivity index (χ0) is 10.8. The molecule has 3 nitrogen and oxygen atoms in total. The first-order valence-electron chi connectivity index (χ1n) is 5.17. The molecule has 0 aliphatic carbocycles. The van der Waals surface area contributed by atoms with Crippen molar-refractivity contribution >= 4 is 21.8 Å². The van der Waals surface area contributed by atoms with Crippen molar-refractivity contribution in [3.63, 3.8) is 0 Å². The van der Waals surface area contributed by atoms with E-state index in [4.69, 9.17) is 0 Å². The van der Waals surface area contributed by atoms with E-state index < -0.39 is 5.60 Å². The van der Waals surface area contributed by atoms with E-state index in [1.54, 1.807) is 4.90 Å². The third kappa shape index (κ3) is 2.48. The van der Waals surface area contributed by atoms with E-state index >= 15 is 0 Å². The van der Waals surface area contributed by atoms with Crippen LogP contribution in [0.4, 0.5) is 0 Å². The molecule has 1 rings (SSSR count). The van der Waals surface area contributed by atoms with Crippen LogP contribution in [0.1, 0.15) is 33.1 Å². The molecule has 0 aromatic heterocycles. The normalized spacial score (nSPS) is 21.6. The second kappa shape index (κ2) is 4.62. The van der Waals surface area contributed by atoms with Gasteiger partial charge in [-0.2, -0.15) is 0 Å². The smallest absolute Gasteiger partial charge is 0.236 e. The molecule has 82 valence electrons. The molecule has 0 spiro atoms. The molecule has 1 aliphatic heterocycles. The Balaban J connectivity index is 2.37. The Kier molecular flexibility index (Phi) is 3.95. The van der Waals surface area contributed by atoms with Crippen LogP contribution in [0.15, 0.2) is 0 Å². The van der Waals surface area contributed by atoms with Gasteiger partial charge < -0.3 is 10.0 Å². The van der Waals surface area contributed by atoms with Gasteiger partial charge in [-0.1, -0.05) is 36.2 Å². The lowest BCUT2D eigenvalue weighted by molar-refractivity contribution is -0.155. The van der Waals surface area contributed by atoms with Crippen LogP contribution in [0.25, 0.3) is 0 Å². The van der Waals surface area contributed by atoms with Gasteiger partial charge in [0.05, 0.1) is 23.5 Å². The van der Waals surface area contributed by atoms with Gasteiger partial charge in [0.15, 0.2) is 0 Å². The van der Waals surface area contributed by atoms with Crippen molar-refractivity contribution in [2.75, 3.05) is 13.1 Å². The third-order valence-corrected chi connectivity index (χ3v) is 3.66. The van der Waals surface area contributed by atoms with E-state index in [9.17, 15) is 9.90 Å². The molecule has 0 aromatic carbocycles. The van der Waals surface area contributed by atoms with Crippen LogP contribution in [0.2, 0.25) is 0 Å². The number of likely N-dealkylation sites (tertiary alicyclic amines) is 1. The maximum atomic E-state index is 11.6. The first-order valence-corrected chi connectivity index (χ1v) is 6.09. The first-order chi connectivity index (χ1) is 6.52. The summed E-state index contributed by atoms with van der Waals surface area (Å²) >= 11 is 3.32. The number of rotatable bonds is 4. The highest BCUT2D eigenvalue weighted by Gasteiger charge is 2.43. The molecule has 1 unspecified atom stereocenters. The van der Waals surface area contributed by atoms with E-state index in [1.165, 1.54) is 0 Å². The predicted molar refractivity (Wildman–Crippen MR) is 59.4 cm³/mol. The number of amides is 1. The Hall–Kier alpha value is -0.0900. The van der Waals surface area contributed by atoms with Crippen molar-refractivity contribution < 1.29 is 9.90 Å². The van der Waals surface area contributed by atoms with Gasteiger partial charge in [0, 0.05) is 0 Å². The number of hydrogen-bond acceptors (Lipinski definition) is 2. The minimum Gasteiger partial charge on any atom is -0.386 e. The van der Waals surface area contributed by atoms with Gasteiger partial charge in [0.1, 0.15) is 0 Å². The summed E-state index contributed by atoms with van der Waals surface area (Å²) in [6, 6.07) is 0. The van der Waals surface area contributed by atoms with Crippen LogP contribution in [0, 0.1) is 0 Å². The van der Waals surface area contributed by atoms with E-state index in [2.05, 4.69) is 15.9 Å². The number of hydrogen-bond donors (Lipinski definition) is 1. The topological polar surface area (TPSA) is 40.5 Å². The van der Waals surface area contributed by atoms with Gasteiger partial charge in [0.2, 0.25) is 5.91 Å². The quantitative estimate of drug-likeness (QED) is 0.782. The molecular formula is C10H18BrNO2. The molecule has 1 fully saturated rings. The molecule has 0 radical (unpaired) electrons. The fourth-order valence-electron chi connectivity index (χ4n) is 1.82. The number of aliphatic hydroxyl groups is 1. The van der Waals surface area contributed by atoms with Crippen molar-refractivity contribution in [3.05, 3.63) is 0 Å². The SMILES string of the molecule is CCCC1(O)CN(C(=O)C(Br)CC)C1. The first kappa shape index (κ1) is 12.0. The van der Waals surface area contributed by atoms with Crippen molar-refractivity contribution in [1.29, 1.82) is 0 Å². The van der Waals surface area contributed by atoms with Gasteiger partial charge in [-0.15, -0.1) is 0 Å². The second-order valence-corrected chi connectivity index (χ2v) is 5.15. The zero-order valence-electron chi connectivity index (χ0n) is 8.79. The molecule has 1 atom stereocenters. The molecule has 1 saturated heterocycles. The Morgan fingerprint density at radius 1 is 1.57 bits per heavy atom. The molecular weight excluding hydrogens is 246 g/mol. The van der Waals surface area contributed by atoms with Crippen LogP contribution in [-0.2, 0) is 4.79 Å².